The zero-order chi connectivity index (χ0) is 28.3. The Morgan fingerprint density at radius 1 is 0.923 bits per heavy atom. The van der Waals surface area contributed by atoms with Gasteiger partial charge in [-0.25, -0.2) is 18.5 Å². The van der Waals surface area contributed by atoms with Crippen LogP contribution in [0.1, 0.15) is 43.6 Å². The minimum absolute atomic E-state index is 0.0219. The van der Waals surface area contributed by atoms with Crippen molar-refractivity contribution >= 4 is 41.4 Å². The Kier molecular flexibility index (Phi) is 7.56. The second-order valence-electron chi connectivity index (χ2n) is 8.23. The lowest BCUT2D eigenvalue weighted by Crippen LogP contribution is -2.31. The fourth-order valence-electron chi connectivity index (χ4n) is 3.92. The Labute approximate surface area is 220 Å². The van der Waals surface area contributed by atoms with E-state index >= 15 is 0 Å². The van der Waals surface area contributed by atoms with Crippen LogP contribution in [0.3, 0.4) is 0 Å². The molecule has 0 fully saturated rings. The van der Waals surface area contributed by atoms with Crippen LogP contribution in [0.5, 0.6) is 0 Å². The van der Waals surface area contributed by atoms with Gasteiger partial charge >= 0.3 is 11.9 Å². The number of nitrogens with one attached hydrogen (secondary N) is 1. The van der Waals surface area contributed by atoms with E-state index in [1.165, 1.54) is 49.4 Å². The highest BCUT2D eigenvalue weighted by Gasteiger charge is 2.39. The summed E-state index contributed by atoms with van der Waals surface area (Å²) in [7, 11) is 0. The van der Waals surface area contributed by atoms with Crippen LogP contribution in [0, 0.1) is 17.0 Å². The highest BCUT2D eigenvalue weighted by Crippen LogP contribution is 2.35. The molecule has 0 saturated heterocycles. The monoisotopic (exact) mass is 534 g/mol. The number of nitrogens with two attached hydrogens (primary N) is 1. The first kappa shape index (κ1) is 26.8. The van der Waals surface area contributed by atoms with Gasteiger partial charge in [0, 0.05) is 12.5 Å². The highest BCUT2D eigenvalue weighted by molar-refractivity contribution is 6.39. The minimum atomic E-state index is -1.11. The van der Waals surface area contributed by atoms with E-state index in [-0.39, 0.29) is 58.0 Å². The van der Waals surface area contributed by atoms with Crippen LogP contribution >= 0.6 is 0 Å². The summed E-state index contributed by atoms with van der Waals surface area (Å²) in [6.45, 7) is 0.686. The molecule has 12 heteroatoms. The molecule has 198 valence electrons. The maximum Gasteiger partial charge on any atom is 0.340 e. The quantitative estimate of drug-likeness (QED) is 0.112. The van der Waals surface area contributed by atoms with Gasteiger partial charge in [0.25, 0.3) is 11.8 Å². The number of halogens is 2. The molecule has 10 nitrogen and oxygen atoms in total. The van der Waals surface area contributed by atoms with Crippen LogP contribution in [0.2, 0.25) is 0 Å². The maximum atomic E-state index is 13.9. The van der Waals surface area contributed by atoms with E-state index in [0.717, 1.165) is 23.2 Å². The van der Waals surface area contributed by atoms with E-state index < -0.39 is 35.4 Å². The molecular formula is C27H20F2N4O6. The van der Waals surface area contributed by atoms with Crippen molar-refractivity contribution in [3.8, 4) is 11.1 Å². The second-order valence-corrected chi connectivity index (χ2v) is 8.23. The molecule has 3 aromatic rings. The van der Waals surface area contributed by atoms with Crippen molar-refractivity contribution in [2.45, 2.75) is 6.92 Å². The Balaban J connectivity index is 1.77. The number of benzene rings is 3. The molecule has 0 aliphatic carbocycles. The average molecular weight is 534 g/mol. The summed E-state index contributed by atoms with van der Waals surface area (Å²) < 4.78 is 37.3. The van der Waals surface area contributed by atoms with E-state index in [1.807, 2.05) is 0 Å². The third-order valence-electron chi connectivity index (χ3n) is 5.73. The smallest absolute Gasteiger partial charge is 0.340 e. The first-order chi connectivity index (χ1) is 18.6. The fourth-order valence-corrected chi connectivity index (χ4v) is 3.92. The number of esters is 2. The first-order valence-electron chi connectivity index (χ1n) is 11.4. The van der Waals surface area contributed by atoms with Gasteiger partial charge in [-0.2, -0.15) is 5.10 Å². The molecule has 1 aliphatic heterocycles. The van der Waals surface area contributed by atoms with Crippen molar-refractivity contribution < 1.29 is 37.4 Å². The molecule has 3 N–H and O–H groups in total. The number of hydrazone groups is 1. The van der Waals surface area contributed by atoms with Crippen molar-refractivity contribution in [1.29, 1.82) is 5.41 Å². The van der Waals surface area contributed by atoms with Gasteiger partial charge < -0.3 is 15.3 Å². The summed E-state index contributed by atoms with van der Waals surface area (Å²) >= 11 is 0. The van der Waals surface area contributed by atoms with Crippen molar-refractivity contribution in [1.82, 2.24) is 0 Å². The summed E-state index contributed by atoms with van der Waals surface area (Å²) in [5.41, 5.74) is 0.316. The van der Waals surface area contributed by atoms with Crippen molar-refractivity contribution in [2.75, 3.05) is 18.1 Å². The van der Waals surface area contributed by atoms with Gasteiger partial charge in [0.1, 0.15) is 13.2 Å². The number of nitrogens with zero attached hydrogens (tertiary/aromatic N) is 2. The normalized spacial score (nSPS) is 12.5. The zero-order valence-electron chi connectivity index (χ0n) is 20.4. The first-order valence-corrected chi connectivity index (χ1v) is 11.4. The highest BCUT2D eigenvalue weighted by atomic mass is 19.2. The van der Waals surface area contributed by atoms with E-state index in [0.29, 0.717) is 0 Å². The molecule has 4 rings (SSSR count). The molecule has 2 amide bonds. The minimum Gasteiger partial charge on any atom is -0.462 e. The van der Waals surface area contributed by atoms with Crippen molar-refractivity contribution in [3.63, 3.8) is 0 Å². The molecule has 0 unspecified atom stereocenters. The number of anilines is 1. The summed E-state index contributed by atoms with van der Waals surface area (Å²) in [5, 5.41) is 11.3. The molecule has 1 aliphatic rings. The van der Waals surface area contributed by atoms with Crippen LogP contribution in [-0.4, -0.2) is 48.9 Å². The summed E-state index contributed by atoms with van der Waals surface area (Å²) in [4.78, 5) is 51.5. The molecule has 0 bridgehead atoms. The third kappa shape index (κ3) is 5.39. The average Bonchev–Trinajstić information content (AvgIpc) is 3.16. The number of amides is 2. The number of imide groups is 1. The van der Waals surface area contributed by atoms with Gasteiger partial charge in [-0.05, 0) is 47.5 Å². The molecule has 3 aromatic carbocycles. The van der Waals surface area contributed by atoms with E-state index in [4.69, 9.17) is 20.7 Å². The Bertz CT molecular complexity index is 1570. The van der Waals surface area contributed by atoms with Gasteiger partial charge in [-0.3, -0.25) is 19.8 Å². The topological polar surface area (TPSA) is 152 Å². The lowest BCUT2D eigenvalue weighted by atomic mass is 10.0. The number of carbonyl (C=O) groups excluding carboxylic acids is 4. The van der Waals surface area contributed by atoms with Crippen molar-refractivity contribution in [2.24, 2.45) is 10.9 Å². The zero-order valence-corrected chi connectivity index (χ0v) is 20.4. The van der Waals surface area contributed by atoms with E-state index in [9.17, 15) is 28.0 Å². The molecule has 0 aromatic heterocycles. The van der Waals surface area contributed by atoms with Crippen LogP contribution in [0.25, 0.3) is 11.1 Å². The number of fused-ring (bicyclic) bond motifs is 1. The number of carbonyl (C=O) groups is 4. The van der Waals surface area contributed by atoms with Gasteiger partial charge in [0.05, 0.1) is 34.3 Å². The van der Waals surface area contributed by atoms with Crippen LogP contribution in [-0.2, 0) is 14.3 Å². The largest absolute Gasteiger partial charge is 0.462 e. The van der Waals surface area contributed by atoms with Gasteiger partial charge in [-0.1, -0.05) is 18.2 Å². The predicted molar refractivity (Wildman–Crippen MR) is 136 cm³/mol. The van der Waals surface area contributed by atoms with Crippen molar-refractivity contribution in [3.05, 3.63) is 88.5 Å². The van der Waals surface area contributed by atoms with Crippen LogP contribution in [0.4, 0.5) is 14.5 Å². The predicted octanol–water partition coefficient (Wildman–Crippen LogP) is 3.46. The molecule has 0 saturated carbocycles. The summed E-state index contributed by atoms with van der Waals surface area (Å²) in [6.07, 6.45) is 1.07. The van der Waals surface area contributed by atoms with E-state index in [1.54, 1.807) is 0 Å². The lowest BCUT2D eigenvalue weighted by Gasteiger charge is -2.19. The number of rotatable bonds is 8. The third-order valence-corrected chi connectivity index (χ3v) is 5.73. The second kappa shape index (κ2) is 11.0. The number of ether oxygens (including phenoxy) is 2. The molecule has 0 atom stereocenters. The maximum absolute atomic E-state index is 13.9. The van der Waals surface area contributed by atoms with Gasteiger partial charge in [0.15, 0.2) is 11.6 Å². The molecule has 39 heavy (non-hydrogen) atoms. The molecule has 1 heterocycles. The Morgan fingerprint density at radius 2 is 1.59 bits per heavy atom. The Morgan fingerprint density at radius 3 is 2.28 bits per heavy atom. The van der Waals surface area contributed by atoms with Crippen LogP contribution in [0.15, 0.2) is 59.7 Å². The van der Waals surface area contributed by atoms with Crippen LogP contribution < -0.4 is 10.7 Å². The summed E-state index contributed by atoms with van der Waals surface area (Å²) in [6, 6.07) is 11.3. The SMILES string of the molecule is CC(=O)OCCOC(=O)c1ccc(-c2ccc(F)c(F)c2)cc1N1C(=O)c2ccc(C(=N)/C=N\N)cc2C1=O. The van der Waals surface area contributed by atoms with Gasteiger partial charge in [0.2, 0.25) is 0 Å². The summed E-state index contributed by atoms with van der Waals surface area (Å²) in [5.74, 6) is -0.110. The Hall–Kier alpha value is -5.26. The fraction of sp³-hybridized carbons (Fsp3) is 0.111. The van der Waals surface area contributed by atoms with E-state index in [2.05, 4.69) is 5.10 Å². The standard InChI is InChI=1S/C27H20F2N4O6/c1-14(34)38-8-9-39-27(37)19-6-2-16(15-4-7-21(28)22(29)11-15)12-24(19)33-25(35)18-5-3-17(23(30)13-32-31)10-20(18)26(33)36/h2-7,10-13,30H,8-9,31H2,1H3/b30-23?,32-13-. The van der Waals surface area contributed by atoms with Gasteiger partial charge in [-0.15, -0.1) is 0 Å². The lowest BCUT2D eigenvalue weighted by molar-refractivity contribution is -0.142. The molecule has 0 spiro atoms. The number of hydrogen-bond acceptors (Lipinski definition) is 9. The molecular weight excluding hydrogens is 514 g/mol. The molecule has 0 radical (unpaired) electrons. The number of hydrogen-bond donors (Lipinski definition) is 2.